The molecule has 0 aromatic heterocycles. The lowest BCUT2D eigenvalue weighted by atomic mass is 10.1. The molecule has 1 aromatic rings. The van der Waals surface area contributed by atoms with Crippen molar-refractivity contribution < 1.29 is 4.74 Å². The van der Waals surface area contributed by atoms with E-state index in [-0.39, 0.29) is 6.04 Å². The Bertz CT molecular complexity index is 421. The van der Waals surface area contributed by atoms with Crippen molar-refractivity contribution in [3.63, 3.8) is 0 Å². The van der Waals surface area contributed by atoms with Crippen LogP contribution in [0.5, 0.6) is 0 Å². The largest absolute Gasteiger partial charge is 0.376 e. The highest BCUT2D eigenvalue weighted by molar-refractivity contribution is 9.10. The lowest BCUT2D eigenvalue weighted by molar-refractivity contribution is 0.155. The summed E-state index contributed by atoms with van der Waals surface area (Å²) in [6.45, 7) is 10.4. The molecule has 1 unspecified atom stereocenters. The van der Waals surface area contributed by atoms with E-state index in [1.165, 1.54) is 11.1 Å². The van der Waals surface area contributed by atoms with Crippen molar-refractivity contribution >= 4 is 15.9 Å². The summed E-state index contributed by atoms with van der Waals surface area (Å²) in [7, 11) is 0. The summed E-state index contributed by atoms with van der Waals surface area (Å²) in [6, 6.07) is 6.46. The minimum atomic E-state index is 0.142. The van der Waals surface area contributed by atoms with E-state index in [0.29, 0.717) is 19.8 Å². The van der Waals surface area contributed by atoms with Gasteiger partial charge in [0.2, 0.25) is 0 Å². The predicted octanol–water partition coefficient (Wildman–Crippen LogP) is 2.94. The van der Waals surface area contributed by atoms with Crippen LogP contribution in [0.3, 0.4) is 0 Å². The fourth-order valence-electron chi connectivity index (χ4n) is 1.79. The molecule has 0 aliphatic carbocycles. The molecule has 3 N–H and O–H groups in total. The number of hydrogen-bond donors (Lipinski definition) is 2. The fraction of sp³-hybridized carbons (Fsp3) is 0.467. The van der Waals surface area contributed by atoms with E-state index < -0.39 is 0 Å². The molecule has 3 nitrogen and oxygen atoms in total. The Hall–Kier alpha value is -0.680. The number of nitrogens with one attached hydrogen (secondary N) is 1. The molecule has 19 heavy (non-hydrogen) atoms. The Morgan fingerprint density at radius 1 is 1.53 bits per heavy atom. The quantitative estimate of drug-likeness (QED) is 0.570. The van der Waals surface area contributed by atoms with Gasteiger partial charge in [0, 0.05) is 23.6 Å². The van der Waals surface area contributed by atoms with Gasteiger partial charge in [0.15, 0.2) is 0 Å². The van der Waals surface area contributed by atoms with Crippen molar-refractivity contribution in [2.45, 2.75) is 19.9 Å². The fourth-order valence-corrected chi connectivity index (χ4v) is 2.56. The smallest absolute Gasteiger partial charge is 0.0672 e. The summed E-state index contributed by atoms with van der Waals surface area (Å²) < 4.78 is 6.56. The summed E-state index contributed by atoms with van der Waals surface area (Å²) in [5, 5.41) is 3.41. The average molecular weight is 327 g/mol. The first-order valence-electron chi connectivity index (χ1n) is 6.46. The minimum Gasteiger partial charge on any atom is -0.376 e. The van der Waals surface area contributed by atoms with Crippen molar-refractivity contribution in [1.29, 1.82) is 0 Å². The number of aryl methyl sites for hydroxylation is 1. The molecule has 1 atom stereocenters. The van der Waals surface area contributed by atoms with Crippen LogP contribution in [0.2, 0.25) is 0 Å². The highest BCUT2D eigenvalue weighted by Gasteiger charge is 2.12. The number of benzene rings is 1. The zero-order valence-electron chi connectivity index (χ0n) is 11.7. The van der Waals surface area contributed by atoms with Crippen LogP contribution in [-0.4, -0.2) is 26.3 Å². The minimum absolute atomic E-state index is 0.142. The van der Waals surface area contributed by atoms with E-state index in [1.54, 1.807) is 0 Å². The second kappa shape index (κ2) is 8.48. The molecule has 0 aliphatic heterocycles. The average Bonchev–Trinajstić information content (AvgIpc) is 2.34. The topological polar surface area (TPSA) is 47.3 Å². The lowest BCUT2D eigenvalue weighted by Crippen LogP contribution is -2.31. The first-order chi connectivity index (χ1) is 9.04. The van der Waals surface area contributed by atoms with E-state index in [1.807, 2.05) is 6.92 Å². The molecular formula is C15H23BrN2O. The van der Waals surface area contributed by atoms with Crippen molar-refractivity contribution in [2.75, 3.05) is 26.3 Å². The van der Waals surface area contributed by atoms with Crippen LogP contribution in [0, 0.1) is 6.92 Å². The van der Waals surface area contributed by atoms with Crippen molar-refractivity contribution in [2.24, 2.45) is 5.73 Å². The zero-order chi connectivity index (χ0) is 14.3. The lowest BCUT2D eigenvalue weighted by Gasteiger charge is -2.19. The summed E-state index contributed by atoms with van der Waals surface area (Å²) in [6.07, 6.45) is 0. The normalized spacial score (nSPS) is 12.4. The number of rotatable bonds is 8. The van der Waals surface area contributed by atoms with Crippen molar-refractivity contribution in [1.82, 2.24) is 5.32 Å². The monoisotopic (exact) mass is 326 g/mol. The molecule has 1 rings (SSSR count). The number of hydrogen-bond acceptors (Lipinski definition) is 3. The molecule has 106 valence electrons. The van der Waals surface area contributed by atoms with Crippen LogP contribution >= 0.6 is 15.9 Å². The molecule has 0 bridgehead atoms. The maximum Gasteiger partial charge on any atom is 0.0672 e. The summed E-state index contributed by atoms with van der Waals surface area (Å²) in [5.41, 5.74) is 9.30. The molecule has 0 amide bonds. The van der Waals surface area contributed by atoms with E-state index in [0.717, 1.165) is 16.6 Å². The Labute approximate surface area is 124 Å². The molecular weight excluding hydrogens is 304 g/mol. The number of halogens is 1. The second-order valence-corrected chi connectivity index (χ2v) is 5.63. The van der Waals surface area contributed by atoms with Crippen LogP contribution in [0.4, 0.5) is 0 Å². The van der Waals surface area contributed by atoms with E-state index >= 15 is 0 Å². The van der Waals surface area contributed by atoms with Gasteiger partial charge < -0.3 is 15.8 Å². The number of ether oxygens (including phenoxy) is 1. The summed E-state index contributed by atoms with van der Waals surface area (Å²) in [4.78, 5) is 0. The second-order valence-electron chi connectivity index (χ2n) is 4.78. The molecule has 0 spiro atoms. The zero-order valence-corrected chi connectivity index (χ0v) is 13.3. The van der Waals surface area contributed by atoms with Gasteiger partial charge in [-0.2, -0.15) is 0 Å². The van der Waals surface area contributed by atoms with Gasteiger partial charge in [0.25, 0.3) is 0 Å². The maximum absolute atomic E-state index is 5.84. The molecule has 0 saturated heterocycles. The third kappa shape index (κ3) is 5.87. The molecule has 4 heteroatoms. The Kier molecular flexibility index (Phi) is 7.31. The van der Waals surface area contributed by atoms with Crippen LogP contribution in [0.25, 0.3) is 0 Å². The molecule has 0 aliphatic rings. The molecule has 0 heterocycles. The standard InChI is InChI=1S/C15H23BrN2O/c1-11(2)10-19-7-6-18-15(9-17)13-5-4-12(3)8-14(13)16/h4-5,8,15,18H,1,6-7,9-10,17H2,2-3H3. The molecule has 0 saturated carbocycles. The van der Waals surface area contributed by atoms with Gasteiger partial charge in [0.1, 0.15) is 0 Å². The van der Waals surface area contributed by atoms with Crippen molar-refractivity contribution in [3.8, 4) is 0 Å². The first kappa shape index (κ1) is 16.4. The van der Waals surface area contributed by atoms with Gasteiger partial charge in [-0.3, -0.25) is 0 Å². The molecule has 1 aromatic carbocycles. The number of nitrogens with two attached hydrogens (primary N) is 1. The highest BCUT2D eigenvalue weighted by atomic mass is 79.9. The Balaban J connectivity index is 2.47. The Morgan fingerprint density at radius 3 is 2.84 bits per heavy atom. The van der Waals surface area contributed by atoms with Crippen LogP contribution in [-0.2, 0) is 4.74 Å². The maximum atomic E-state index is 5.84. The van der Waals surface area contributed by atoms with E-state index in [9.17, 15) is 0 Å². The van der Waals surface area contributed by atoms with Gasteiger partial charge in [-0.15, -0.1) is 0 Å². The first-order valence-corrected chi connectivity index (χ1v) is 7.25. The van der Waals surface area contributed by atoms with Crippen molar-refractivity contribution in [3.05, 3.63) is 46.0 Å². The summed E-state index contributed by atoms with van der Waals surface area (Å²) in [5.74, 6) is 0. The third-order valence-electron chi connectivity index (χ3n) is 2.75. The van der Waals surface area contributed by atoms with E-state index in [2.05, 4.69) is 52.9 Å². The Morgan fingerprint density at radius 2 is 2.26 bits per heavy atom. The van der Waals surface area contributed by atoms with Gasteiger partial charge in [-0.25, -0.2) is 0 Å². The molecule has 0 fully saturated rings. The predicted molar refractivity (Wildman–Crippen MR) is 84.3 cm³/mol. The third-order valence-corrected chi connectivity index (χ3v) is 3.44. The molecule has 0 radical (unpaired) electrons. The van der Waals surface area contributed by atoms with Crippen LogP contribution < -0.4 is 11.1 Å². The van der Waals surface area contributed by atoms with Gasteiger partial charge in [-0.1, -0.05) is 40.2 Å². The summed E-state index contributed by atoms with van der Waals surface area (Å²) >= 11 is 3.59. The van der Waals surface area contributed by atoms with Gasteiger partial charge >= 0.3 is 0 Å². The van der Waals surface area contributed by atoms with Gasteiger partial charge in [-0.05, 0) is 31.0 Å². The van der Waals surface area contributed by atoms with Crippen LogP contribution in [0.15, 0.2) is 34.8 Å². The highest BCUT2D eigenvalue weighted by Crippen LogP contribution is 2.24. The van der Waals surface area contributed by atoms with E-state index in [4.69, 9.17) is 10.5 Å². The SMILES string of the molecule is C=C(C)COCCNC(CN)c1ccc(C)cc1Br. The van der Waals surface area contributed by atoms with Gasteiger partial charge in [0.05, 0.1) is 13.2 Å². The van der Waals surface area contributed by atoms with Crippen LogP contribution in [0.1, 0.15) is 24.1 Å².